The quantitative estimate of drug-likeness (QED) is 0.833. The van der Waals surface area contributed by atoms with Gasteiger partial charge in [0.25, 0.3) is 0 Å². The van der Waals surface area contributed by atoms with E-state index in [1.165, 1.54) is 18.3 Å². The number of nitrogens with one attached hydrogen (secondary N) is 1. The topological polar surface area (TPSA) is 109 Å². The first-order chi connectivity index (χ1) is 9.94. The maximum atomic E-state index is 12.3. The number of anilines is 1. The minimum atomic E-state index is -3.83. The van der Waals surface area contributed by atoms with E-state index in [0.717, 1.165) is 5.56 Å². The zero-order chi connectivity index (χ0) is 15.5. The van der Waals surface area contributed by atoms with Gasteiger partial charge in [0.15, 0.2) is 5.69 Å². The van der Waals surface area contributed by atoms with Crippen LogP contribution in [0.2, 0.25) is 0 Å². The lowest BCUT2D eigenvalue weighted by Gasteiger charge is -2.15. The van der Waals surface area contributed by atoms with Crippen LogP contribution in [0.1, 0.15) is 24.2 Å². The van der Waals surface area contributed by atoms with Gasteiger partial charge in [-0.2, -0.15) is 5.26 Å². The van der Waals surface area contributed by atoms with Gasteiger partial charge in [-0.1, -0.05) is 12.1 Å². The maximum Gasteiger partial charge on any atom is 0.244 e. The number of aromatic nitrogens is 1. The van der Waals surface area contributed by atoms with Crippen LogP contribution in [-0.2, 0) is 10.0 Å². The van der Waals surface area contributed by atoms with Crippen LogP contribution in [0.4, 0.5) is 5.69 Å². The number of rotatable bonds is 4. The van der Waals surface area contributed by atoms with E-state index in [1.54, 1.807) is 37.3 Å². The molecule has 3 N–H and O–H groups in total. The van der Waals surface area contributed by atoms with Gasteiger partial charge in [0.2, 0.25) is 10.0 Å². The maximum absolute atomic E-state index is 12.3. The van der Waals surface area contributed by atoms with Crippen LogP contribution < -0.4 is 10.5 Å². The number of pyridine rings is 1. The first kappa shape index (κ1) is 15.0. The number of nitrogens with zero attached hydrogens (tertiary/aromatic N) is 2. The Bertz CT molecular complexity index is 779. The lowest BCUT2D eigenvalue weighted by atomic mass is 10.1. The summed E-state index contributed by atoms with van der Waals surface area (Å²) in [5.41, 5.74) is 6.85. The highest BCUT2D eigenvalue weighted by Gasteiger charge is 2.22. The smallest absolute Gasteiger partial charge is 0.244 e. The molecule has 1 unspecified atom stereocenters. The predicted molar refractivity (Wildman–Crippen MR) is 78.5 cm³/mol. The molecule has 0 aliphatic rings. The van der Waals surface area contributed by atoms with Crippen molar-refractivity contribution in [2.75, 3.05) is 5.73 Å². The number of nitrogens with two attached hydrogens (primary N) is 1. The van der Waals surface area contributed by atoms with E-state index in [9.17, 15) is 8.42 Å². The highest BCUT2D eigenvalue weighted by Crippen LogP contribution is 2.19. The van der Waals surface area contributed by atoms with E-state index in [0.29, 0.717) is 5.69 Å². The van der Waals surface area contributed by atoms with E-state index in [4.69, 9.17) is 11.0 Å². The SMILES string of the molecule is CC(NS(=O)(=O)c1cccnc1C#N)c1ccc(N)cc1. The number of nitrogen functional groups attached to an aromatic ring is 1. The summed E-state index contributed by atoms with van der Waals surface area (Å²) in [4.78, 5) is 3.63. The van der Waals surface area contributed by atoms with Crippen molar-refractivity contribution in [1.82, 2.24) is 9.71 Å². The molecule has 1 atom stereocenters. The summed E-state index contributed by atoms with van der Waals surface area (Å²) < 4.78 is 27.2. The molecule has 0 aliphatic heterocycles. The van der Waals surface area contributed by atoms with Crippen LogP contribution in [0, 0.1) is 11.3 Å². The highest BCUT2D eigenvalue weighted by molar-refractivity contribution is 7.89. The Balaban J connectivity index is 2.29. The van der Waals surface area contributed by atoms with Crippen molar-refractivity contribution in [3.63, 3.8) is 0 Å². The molecule has 2 rings (SSSR count). The Labute approximate surface area is 123 Å². The first-order valence-electron chi connectivity index (χ1n) is 6.17. The lowest BCUT2D eigenvalue weighted by Crippen LogP contribution is -2.27. The highest BCUT2D eigenvalue weighted by atomic mass is 32.2. The van der Waals surface area contributed by atoms with E-state index in [-0.39, 0.29) is 10.6 Å². The van der Waals surface area contributed by atoms with Crippen molar-refractivity contribution in [3.05, 3.63) is 53.9 Å². The van der Waals surface area contributed by atoms with Crippen LogP contribution in [0.3, 0.4) is 0 Å². The second-order valence-electron chi connectivity index (χ2n) is 4.47. The Morgan fingerprint density at radius 3 is 2.57 bits per heavy atom. The average Bonchev–Trinajstić information content (AvgIpc) is 2.47. The molecule has 1 aromatic heterocycles. The van der Waals surface area contributed by atoms with Gasteiger partial charge in [-0.05, 0) is 36.8 Å². The number of hydrogen-bond acceptors (Lipinski definition) is 5. The molecular weight excluding hydrogens is 288 g/mol. The van der Waals surface area contributed by atoms with Crippen LogP contribution in [0.15, 0.2) is 47.5 Å². The zero-order valence-corrected chi connectivity index (χ0v) is 12.1. The summed E-state index contributed by atoms with van der Waals surface area (Å²) >= 11 is 0. The molecule has 2 aromatic rings. The number of hydrogen-bond donors (Lipinski definition) is 2. The van der Waals surface area contributed by atoms with Crippen molar-refractivity contribution in [3.8, 4) is 6.07 Å². The molecule has 0 saturated heterocycles. The molecule has 0 fully saturated rings. The third-order valence-corrected chi connectivity index (χ3v) is 4.51. The minimum Gasteiger partial charge on any atom is -0.399 e. The van der Waals surface area contributed by atoms with Gasteiger partial charge in [0.1, 0.15) is 11.0 Å². The minimum absolute atomic E-state index is 0.130. The summed E-state index contributed by atoms with van der Waals surface area (Å²) in [6, 6.07) is 11.0. The molecule has 0 amide bonds. The van der Waals surface area contributed by atoms with Crippen LogP contribution in [-0.4, -0.2) is 13.4 Å². The normalized spacial score (nSPS) is 12.6. The summed E-state index contributed by atoms with van der Waals surface area (Å²) in [6.45, 7) is 1.71. The van der Waals surface area contributed by atoms with Crippen LogP contribution in [0.5, 0.6) is 0 Å². The standard InChI is InChI=1S/C14H14N4O2S/c1-10(11-4-6-12(16)7-5-11)18-21(19,20)14-3-2-8-17-13(14)9-15/h2-8,10,18H,16H2,1H3. The Morgan fingerprint density at radius 1 is 1.29 bits per heavy atom. The fourth-order valence-electron chi connectivity index (χ4n) is 1.84. The summed E-state index contributed by atoms with van der Waals surface area (Å²) in [6.07, 6.45) is 1.38. The Kier molecular flexibility index (Phi) is 4.21. The van der Waals surface area contributed by atoms with Crippen LogP contribution >= 0.6 is 0 Å². The van der Waals surface area contributed by atoms with Gasteiger partial charge in [-0.25, -0.2) is 18.1 Å². The van der Waals surface area contributed by atoms with Crippen molar-refractivity contribution in [1.29, 1.82) is 5.26 Å². The second kappa shape index (κ2) is 5.91. The monoisotopic (exact) mass is 302 g/mol. The third kappa shape index (κ3) is 3.37. The number of sulfonamides is 1. The second-order valence-corrected chi connectivity index (χ2v) is 6.15. The van der Waals surface area contributed by atoms with E-state index in [2.05, 4.69) is 9.71 Å². The molecule has 0 aliphatic carbocycles. The molecule has 7 heteroatoms. The predicted octanol–water partition coefficient (Wildman–Crippen LogP) is 1.57. The Hall–Kier alpha value is -2.43. The van der Waals surface area contributed by atoms with Gasteiger partial charge in [-0.3, -0.25) is 0 Å². The fraction of sp³-hybridized carbons (Fsp3) is 0.143. The molecule has 21 heavy (non-hydrogen) atoms. The largest absolute Gasteiger partial charge is 0.399 e. The summed E-state index contributed by atoms with van der Waals surface area (Å²) in [5.74, 6) is 0. The molecule has 0 radical (unpaired) electrons. The van der Waals surface area contributed by atoms with Crippen molar-refractivity contribution < 1.29 is 8.42 Å². The lowest BCUT2D eigenvalue weighted by molar-refractivity contribution is 0.566. The van der Waals surface area contributed by atoms with Gasteiger partial charge in [0.05, 0.1) is 0 Å². The number of benzene rings is 1. The van der Waals surface area contributed by atoms with Crippen molar-refractivity contribution in [2.24, 2.45) is 0 Å². The first-order valence-corrected chi connectivity index (χ1v) is 7.65. The molecule has 108 valence electrons. The molecule has 1 aromatic carbocycles. The molecule has 6 nitrogen and oxygen atoms in total. The molecule has 1 heterocycles. The molecule has 0 bridgehead atoms. The van der Waals surface area contributed by atoms with Gasteiger partial charge in [-0.15, -0.1) is 0 Å². The van der Waals surface area contributed by atoms with Gasteiger partial charge >= 0.3 is 0 Å². The zero-order valence-electron chi connectivity index (χ0n) is 11.3. The summed E-state index contributed by atoms with van der Waals surface area (Å²) in [7, 11) is -3.83. The fourth-order valence-corrected chi connectivity index (χ4v) is 3.18. The van der Waals surface area contributed by atoms with Crippen LogP contribution in [0.25, 0.3) is 0 Å². The van der Waals surface area contributed by atoms with E-state index >= 15 is 0 Å². The number of nitriles is 1. The third-order valence-electron chi connectivity index (χ3n) is 2.93. The van der Waals surface area contributed by atoms with E-state index in [1.807, 2.05) is 0 Å². The molecular formula is C14H14N4O2S. The molecule has 0 saturated carbocycles. The van der Waals surface area contributed by atoms with Crippen molar-refractivity contribution in [2.45, 2.75) is 17.9 Å². The summed E-state index contributed by atoms with van der Waals surface area (Å²) in [5, 5.41) is 8.94. The van der Waals surface area contributed by atoms with E-state index < -0.39 is 16.1 Å². The van der Waals surface area contributed by atoms with Crippen molar-refractivity contribution >= 4 is 15.7 Å². The van der Waals surface area contributed by atoms with Gasteiger partial charge < -0.3 is 5.73 Å². The molecule has 0 spiro atoms. The average molecular weight is 302 g/mol. The Morgan fingerprint density at radius 2 is 1.95 bits per heavy atom. The van der Waals surface area contributed by atoms with Gasteiger partial charge in [0, 0.05) is 17.9 Å².